The maximum atomic E-state index is 12.4. The highest BCUT2D eigenvalue weighted by Gasteiger charge is 2.17. The van der Waals surface area contributed by atoms with E-state index < -0.39 is 0 Å². The van der Waals surface area contributed by atoms with Crippen LogP contribution in [0.15, 0.2) is 24.5 Å². The highest BCUT2D eigenvalue weighted by molar-refractivity contribution is 6.32. The number of carbonyl (C=O) groups excluding carboxylic acids is 1. The zero-order valence-corrected chi connectivity index (χ0v) is 13.0. The maximum absolute atomic E-state index is 12.4. The molecular weight excluding hydrogens is 292 g/mol. The van der Waals surface area contributed by atoms with E-state index in [9.17, 15) is 4.79 Å². The molecule has 2 rings (SSSR count). The lowest BCUT2D eigenvalue weighted by Gasteiger charge is -2.11. The average molecular weight is 309 g/mol. The van der Waals surface area contributed by atoms with Crippen LogP contribution in [0.25, 0.3) is 0 Å². The van der Waals surface area contributed by atoms with Crippen LogP contribution in [0.1, 0.15) is 23.1 Å². The lowest BCUT2D eigenvalue weighted by atomic mass is 10.1. The van der Waals surface area contributed by atoms with Crippen LogP contribution in [0, 0.1) is 0 Å². The van der Waals surface area contributed by atoms with Crippen LogP contribution in [0.2, 0.25) is 5.02 Å². The van der Waals surface area contributed by atoms with Gasteiger partial charge >= 0.3 is 0 Å². The molecule has 0 radical (unpaired) electrons. The van der Waals surface area contributed by atoms with Gasteiger partial charge in [-0.1, -0.05) is 11.6 Å². The average Bonchev–Trinajstić information content (AvgIpc) is 2.93. The van der Waals surface area contributed by atoms with Crippen LogP contribution in [0.4, 0.5) is 0 Å². The number of aryl methyl sites for hydroxylation is 1. The third-order valence-corrected chi connectivity index (χ3v) is 3.50. The van der Waals surface area contributed by atoms with E-state index in [0.717, 1.165) is 12.4 Å². The molecule has 0 atom stereocenters. The van der Waals surface area contributed by atoms with Crippen molar-refractivity contribution in [1.29, 1.82) is 0 Å². The first-order valence-corrected chi connectivity index (χ1v) is 6.93. The van der Waals surface area contributed by atoms with E-state index in [0.29, 0.717) is 22.1 Å². The van der Waals surface area contributed by atoms with Gasteiger partial charge in [0, 0.05) is 24.5 Å². The molecule has 0 aliphatic rings. The molecule has 0 unspecified atom stereocenters. The van der Waals surface area contributed by atoms with Crippen LogP contribution in [-0.2, 0) is 13.0 Å². The number of benzene rings is 1. The largest absolute Gasteiger partial charge is 0.493 e. The number of carbonyl (C=O) groups is 1. The summed E-state index contributed by atoms with van der Waals surface area (Å²) < 4.78 is 12.3. The molecule has 0 bridgehead atoms. The normalized spacial score (nSPS) is 10.5. The van der Waals surface area contributed by atoms with Gasteiger partial charge in [0.2, 0.25) is 0 Å². The number of hydrogen-bond donors (Lipinski definition) is 0. The summed E-state index contributed by atoms with van der Waals surface area (Å²) in [6.45, 7) is 2.78. The van der Waals surface area contributed by atoms with Crippen molar-refractivity contribution in [3.8, 4) is 11.5 Å². The summed E-state index contributed by atoms with van der Waals surface area (Å²) in [6, 6.07) is 3.22. The van der Waals surface area contributed by atoms with Gasteiger partial charge in [-0.05, 0) is 19.1 Å². The second kappa shape index (κ2) is 6.63. The molecule has 21 heavy (non-hydrogen) atoms. The topological polar surface area (TPSA) is 53.4 Å². The second-order valence-electron chi connectivity index (χ2n) is 4.42. The first-order valence-electron chi connectivity index (χ1n) is 6.55. The van der Waals surface area contributed by atoms with E-state index >= 15 is 0 Å². The number of hydrogen-bond acceptors (Lipinski definition) is 4. The van der Waals surface area contributed by atoms with E-state index in [4.69, 9.17) is 21.1 Å². The Morgan fingerprint density at radius 1 is 1.33 bits per heavy atom. The minimum Gasteiger partial charge on any atom is -0.493 e. The Kier molecular flexibility index (Phi) is 4.85. The lowest BCUT2D eigenvalue weighted by Crippen LogP contribution is -2.10. The summed E-state index contributed by atoms with van der Waals surface area (Å²) in [7, 11) is 3.01. The van der Waals surface area contributed by atoms with Crippen molar-refractivity contribution in [1.82, 2.24) is 9.55 Å². The SMILES string of the molecule is CCn1ccnc1CC(=O)c1cc(Cl)c(OC)c(OC)c1. The lowest BCUT2D eigenvalue weighted by molar-refractivity contribution is 0.0989. The van der Waals surface area contributed by atoms with Gasteiger partial charge in [0.15, 0.2) is 17.3 Å². The number of aromatic nitrogens is 2. The number of ether oxygens (including phenoxy) is 2. The molecule has 2 aromatic rings. The highest BCUT2D eigenvalue weighted by atomic mass is 35.5. The minimum absolute atomic E-state index is 0.0706. The van der Waals surface area contributed by atoms with E-state index in [1.54, 1.807) is 18.3 Å². The van der Waals surface area contributed by atoms with Gasteiger partial charge in [-0.2, -0.15) is 0 Å². The van der Waals surface area contributed by atoms with Crippen LogP contribution in [0.5, 0.6) is 11.5 Å². The Balaban J connectivity index is 2.29. The molecule has 1 heterocycles. The van der Waals surface area contributed by atoms with Crippen molar-refractivity contribution in [2.75, 3.05) is 14.2 Å². The molecule has 1 aromatic heterocycles. The summed E-state index contributed by atoms with van der Waals surface area (Å²) in [5.74, 6) is 1.52. The number of imidazole rings is 1. The van der Waals surface area contributed by atoms with Crippen molar-refractivity contribution in [2.24, 2.45) is 0 Å². The van der Waals surface area contributed by atoms with Crippen molar-refractivity contribution < 1.29 is 14.3 Å². The summed E-state index contributed by atoms with van der Waals surface area (Å²) in [5.41, 5.74) is 0.475. The number of methoxy groups -OCH3 is 2. The predicted molar refractivity (Wildman–Crippen MR) is 80.5 cm³/mol. The molecule has 112 valence electrons. The number of ketones is 1. The summed E-state index contributed by atoms with van der Waals surface area (Å²) in [4.78, 5) is 16.6. The van der Waals surface area contributed by atoms with Gasteiger partial charge in [-0.25, -0.2) is 4.98 Å². The first-order chi connectivity index (χ1) is 10.1. The van der Waals surface area contributed by atoms with E-state index in [1.165, 1.54) is 14.2 Å². The van der Waals surface area contributed by atoms with Gasteiger partial charge in [-0.3, -0.25) is 4.79 Å². The molecule has 0 fully saturated rings. The fourth-order valence-corrected chi connectivity index (χ4v) is 2.41. The standard InChI is InChI=1S/C15H17ClN2O3/c1-4-18-6-5-17-14(18)9-12(19)10-7-11(16)15(21-3)13(8-10)20-2/h5-8H,4,9H2,1-3H3. The molecule has 0 aliphatic heterocycles. The molecule has 0 N–H and O–H groups in total. The smallest absolute Gasteiger partial charge is 0.179 e. The third-order valence-electron chi connectivity index (χ3n) is 3.22. The molecule has 5 nitrogen and oxygen atoms in total. The van der Waals surface area contributed by atoms with Crippen LogP contribution in [0.3, 0.4) is 0 Å². The Hall–Kier alpha value is -2.01. The molecular formula is C15H17ClN2O3. The Labute approximate surface area is 128 Å². The molecule has 0 saturated heterocycles. The van der Waals surface area contributed by atoms with Crippen LogP contribution >= 0.6 is 11.6 Å². The minimum atomic E-state index is -0.0706. The highest BCUT2D eigenvalue weighted by Crippen LogP contribution is 2.36. The van der Waals surface area contributed by atoms with E-state index in [-0.39, 0.29) is 12.2 Å². The fraction of sp³-hybridized carbons (Fsp3) is 0.333. The van der Waals surface area contributed by atoms with Crippen molar-refractivity contribution in [3.63, 3.8) is 0 Å². The van der Waals surface area contributed by atoms with Crippen LogP contribution in [-0.4, -0.2) is 29.6 Å². The summed E-state index contributed by atoms with van der Waals surface area (Å²) in [6.07, 6.45) is 3.75. The van der Waals surface area contributed by atoms with Crippen molar-refractivity contribution in [3.05, 3.63) is 40.9 Å². The molecule has 6 heteroatoms. The maximum Gasteiger partial charge on any atom is 0.179 e. The number of nitrogens with zero attached hydrogens (tertiary/aromatic N) is 2. The monoisotopic (exact) mass is 308 g/mol. The van der Waals surface area contributed by atoms with Crippen molar-refractivity contribution >= 4 is 17.4 Å². The molecule has 0 aliphatic carbocycles. The second-order valence-corrected chi connectivity index (χ2v) is 4.83. The molecule has 0 saturated carbocycles. The number of Topliss-reactive ketones (excluding diaryl/α,β-unsaturated/α-hetero) is 1. The molecule has 1 aromatic carbocycles. The van der Waals surface area contributed by atoms with Gasteiger partial charge in [0.25, 0.3) is 0 Å². The zero-order valence-electron chi connectivity index (χ0n) is 12.2. The van der Waals surface area contributed by atoms with E-state index in [1.807, 2.05) is 17.7 Å². The zero-order chi connectivity index (χ0) is 15.4. The van der Waals surface area contributed by atoms with Crippen molar-refractivity contribution in [2.45, 2.75) is 19.9 Å². The summed E-state index contributed by atoms with van der Waals surface area (Å²) in [5, 5.41) is 0.346. The predicted octanol–water partition coefficient (Wildman–Crippen LogP) is 3.00. The van der Waals surface area contributed by atoms with Gasteiger partial charge < -0.3 is 14.0 Å². The Morgan fingerprint density at radius 2 is 2.10 bits per heavy atom. The quantitative estimate of drug-likeness (QED) is 0.770. The van der Waals surface area contributed by atoms with E-state index in [2.05, 4.69) is 4.98 Å². The van der Waals surface area contributed by atoms with Gasteiger partial charge in [-0.15, -0.1) is 0 Å². The van der Waals surface area contributed by atoms with Crippen LogP contribution < -0.4 is 9.47 Å². The Bertz CT molecular complexity index is 652. The van der Waals surface area contributed by atoms with Gasteiger partial charge in [0.1, 0.15) is 5.82 Å². The molecule has 0 spiro atoms. The number of halogens is 1. The first kappa shape index (κ1) is 15.4. The molecule has 0 amide bonds. The third kappa shape index (κ3) is 3.19. The fourth-order valence-electron chi connectivity index (χ4n) is 2.12. The number of rotatable bonds is 6. The Morgan fingerprint density at radius 3 is 2.71 bits per heavy atom. The van der Waals surface area contributed by atoms with Gasteiger partial charge in [0.05, 0.1) is 25.7 Å². The summed E-state index contributed by atoms with van der Waals surface area (Å²) >= 11 is 6.12.